The number of ether oxygens (including phenoxy) is 1. The Morgan fingerprint density at radius 1 is 1.09 bits per heavy atom. The number of piperazine rings is 1. The summed E-state index contributed by atoms with van der Waals surface area (Å²) < 4.78 is 6.87. The van der Waals surface area contributed by atoms with Crippen molar-refractivity contribution in [2.75, 3.05) is 25.0 Å². The molecule has 33 heavy (non-hydrogen) atoms. The molecule has 3 aromatic rings. The minimum Gasteiger partial charge on any atom is -0.484 e. The smallest absolute Gasteiger partial charge is 0.262 e. The van der Waals surface area contributed by atoms with Crippen LogP contribution in [0.5, 0.6) is 5.75 Å². The molecule has 0 radical (unpaired) electrons. The minimum atomic E-state index is -0.571. The number of hydrogen-bond acceptors (Lipinski definition) is 5. The zero-order valence-electron chi connectivity index (χ0n) is 18.0. The minimum absolute atomic E-state index is 0.0328. The van der Waals surface area contributed by atoms with Crippen LogP contribution in [-0.2, 0) is 27.3 Å². The highest BCUT2D eigenvalue weighted by Gasteiger charge is 2.33. The van der Waals surface area contributed by atoms with Gasteiger partial charge in [0.05, 0.1) is 11.9 Å². The highest BCUT2D eigenvalue weighted by molar-refractivity contribution is 5.92. The van der Waals surface area contributed by atoms with E-state index in [0.29, 0.717) is 30.9 Å². The van der Waals surface area contributed by atoms with E-state index in [2.05, 4.69) is 15.7 Å². The largest absolute Gasteiger partial charge is 0.484 e. The molecule has 0 aliphatic carbocycles. The van der Waals surface area contributed by atoms with Crippen molar-refractivity contribution in [3.63, 3.8) is 0 Å². The van der Waals surface area contributed by atoms with Crippen LogP contribution >= 0.6 is 0 Å². The SMILES string of the molecule is O=C(COc1ccccc1)Nc1cnn(CC(=O)N2CCNC(=O)[C@H]2Cc2ccccc2)c1. The van der Waals surface area contributed by atoms with Crippen molar-refractivity contribution >= 4 is 23.4 Å². The molecule has 1 fully saturated rings. The second kappa shape index (κ2) is 10.4. The first-order valence-corrected chi connectivity index (χ1v) is 10.7. The first-order chi connectivity index (χ1) is 16.1. The van der Waals surface area contributed by atoms with Crippen molar-refractivity contribution < 1.29 is 19.1 Å². The predicted molar refractivity (Wildman–Crippen MR) is 121 cm³/mol. The maximum Gasteiger partial charge on any atom is 0.262 e. The molecule has 0 spiro atoms. The lowest BCUT2D eigenvalue weighted by Crippen LogP contribution is -2.58. The third kappa shape index (κ3) is 5.97. The number of hydrogen-bond donors (Lipinski definition) is 2. The lowest BCUT2D eigenvalue weighted by Gasteiger charge is -2.35. The lowest BCUT2D eigenvalue weighted by atomic mass is 10.0. The maximum absolute atomic E-state index is 13.0. The van der Waals surface area contributed by atoms with Crippen LogP contribution in [0, 0.1) is 0 Å². The zero-order chi connectivity index (χ0) is 23.0. The van der Waals surface area contributed by atoms with Crippen molar-refractivity contribution in [3.05, 3.63) is 78.6 Å². The average molecular weight is 447 g/mol. The summed E-state index contributed by atoms with van der Waals surface area (Å²) in [5.74, 6) is -0.102. The molecule has 9 heteroatoms. The normalized spacial score (nSPS) is 15.6. The van der Waals surface area contributed by atoms with Gasteiger partial charge in [-0.25, -0.2) is 0 Å². The van der Waals surface area contributed by atoms with E-state index in [0.717, 1.165) is 5.56 Å². The summed E-state index contributed by atoms with van der Waals surface area (Å²) in [7, 11) is 0. The van der Waals surface area contributed by atoms with Gasteiger partial charge < -0.3 is 20.3 Å². The number of benzene rings is 2. The molecular weight excluding hydrogens is 422 g/mol. The summed E-state index contributed by atoms with van der Waals surface area (Å²) in [6.07, 6.45) is 3.49. The lowest BCUT2D eigenvalue weighted by molar-refractivity contribution is -0.143. The number of para-hydroxylation sites is 1. The zero-order valence-corrected chi connectivity index (χ0v) is 18.0. The van der Waals surface area contributed by atoms with Gasteiger partial charge in [-0.1, -0.05) is 48.5 Å². The number of carbonyl (C=O) groups excluding carboxylic acids is 3. The van der Waals surface area contributed by atoms with Crippen LogP contribution in [0.25, 0.3) is 0 Å². The van der Waals surface area contributed by atoms with E-state index >= 15 is 0 Å². The molecule has 1 atom stereocenters. The molecule has 2 N–H and O–H groups in total. The van der Waals surface area contributed by atoms with Crippen LogP contribution in [0.3, 0.4) is 0 Å². The highest BCUT2D eigenvalue weighted by Crippen LogP contribution is 2.14. The van der Waals surface area contributed by atoms with E-state index < -0.39 is 6.04 Å². The van der Waals surface area contributed by atoms with Gasteiger partial charge in [0, 0.05) is 25.7 Å². The van der Waals surface area contributed by atoms with Crippen molar-refractivity contribution in [1.82, 2.24) is 20.0 Å². The van der Waals surface area contributed by atoms with Crippen molar-refractivity contribution in [3.8, 4) is 5.75 Å². The first-order valence-electron chi connectivity index (χ1n) is 10.7. The van der Waals surface area contributed by atoms with E-state index in [1.54, 1.807) is 23.2 Å². The van der Waals surface area contributed by atoms with Gasteiger partial charge in [0.1, 0.15) is 18.3 Å². The average Bonchev–Trinajstić information content (AvgIpc) is 3.26. The molecule has 2 heterocycles. The van der Waals surface area contributed by atoms with Crippen molar-refractivity contribution in [1.29, 1.82) is 0 Å². The van der Waals surface area contributed by atoms with Crippen LogP contribution in [0.2, 0.25) is 0 Å². The monoisotopic (exact) mass is 447 g/mol. The molecule has 3 amide bonds. The van der Waals surface area contributed by atoms with Crippen molar-refractivity contribution in [2.45, 2.75) is 19.0 Å². The number of nitrogens with one attached hydrogen (secondary N) is 2. The van der Waals surface area contributed by atoms with Gasteiger partial charge in [0.2, 0.25) is 11.8 Å². The van der Waals surface area contributed by atoms with E-state index in [4.69, 9.17) is 4.74 Å². The van der Waals surface area contributed by atoms with E-state index in [-0.39, 0.29) is 30.9 Å². The second-order valence-electron chi connectivity index (χ2n) is 7.66. The van der Waals surface area contributed by atoms with Crippen molar-refractivity contribution in [2.24, 2.45) is 0 Å². The molecule has 1 aliphatic rings. The van der Waals surface area contributed by atoms with Gasteiger partial charge in [0.25, 0.3) is 5.91 Å². The van der Waals surface area contributed by atoms with Gasteiger partial charge in [-0.05, 0) is 17.7 Å². The van der Waals surface area contributed by atoms with Gasteiger partial charge in [0.15, 0.2) is 6.61 Å². The number of carbonyl (C=O) groups is 3. The molecule has 9 nitrogen and oxygen atoms in total. The maximum atomic E-state index is 13.0. The molecule has 2 aromatic carbocycles. The van der Waals surface area contributed by atoms with E-state index in [1.807, 2.05) is 48.5 Å². The Hall–Kier alpha value is -4.14. The summed E-state index contributed by atoms with van der Waals surface area (Å²) in [5, 5.41) is 9.70. The Labute approximate surface area is 191 Å². The second-order valence-corrected chi connectivity index (χ2v) is 7.66. The fourth-order valence-electron chi connectivity index (χ4n) is 3.66. The predicted octanol–water partition coefficient (Wildman–Crippen LogP) is 1.47. The summed E-state index contributed by atoms with van der Waals surface area (Å²) in [4.78, 5) is 39.2. The standard InChI is InChI=1S/C24H25N5O4/c30-22(17-33-20-9-5-2-6-10-20)27-19-14-26-28(15-19)16-23(31)29-12-11-25-24(32)21(29)13-18-7-3-1-4-8-18/h1-10,14-15,21H,11-13,16-17H2,(H,25,32)(H,27,30)/t21-/m1/s1. The van der Waals surface area contributed by atoms with Crippen LogP contribution in [0.15, 0.2) is 73.1 Å². The fourth-order valence-corrected chi connectivity index (χ4v) is 3.66. The summed E-state index contributed by atoms with van der Waals surface area (Å²) in [5.41, 5.74) is 1.45. The summed E-state index contributed by atoms with van der Waals surface area (Å²) in [6, 6.07) is 18.1. The third-order valence-electron chi connectivity index (χ3n) is 5.25. The number of amides is 3. The van der Waals surface area contributed by atoms with Crippen LogP contribution < -0.4 is 15.4 Å². The van der Waals surface area contributed by atoms with Gasteiger partial charge in [-0.3, -0.25) is 19.1 Å². The number of aromatic nitrogens is 2. The Balaban J connectivity index is 1.33. The summed E-state index contributed by atoms with van der Waals surface area (Å²) in [6.45, 7) is 0.675. The first kappa shape index (κ1) is 22.1. The van der Waals surface area contributed by atoms with E-state index in [9.17, 15) is 14.4 Å². The van der Waals surface area contributed by atoms with E-state index in [1.165, 1.54) is 10.9 Å². The van der Waals surface area contributed by atoms with Gasteiger partial charge in [-0.15, -0.1) is 0 Å². The highest BCUT2D eigenvalue weighted by atomic mass is 16.5. The molecule has 0 bridgehead atoms. The van der Waals surface area contributed by atoms with Crippen LogP contribution in [-0.4, -0.2) is 58.1 Å². The number of anilines is 1. The molecule has 170 valence electrons. The third-order valence-corrected chi connectivity index (χ3v) is 5.25. The molecule has 0 saturated carbocycles. The summed E-state index contributed by atoms with van der Waals surface area (Å²) >= 11 is 0. The van der Waals surface area contributed by atoms with Gasteiger partial charge in [-0.2, -0.15) is 5.10 Å². The number of nitrogens with zero attached hydrogens (tertiary/aromatic N) is 3. The molecular formula is C24H25N5O4. The van der Waals surface area contributed by atoms with Gasteiger partial charge >= 0.3 is 0 Å². The fraction of sp³-hybridized carbons (Fsp3) is 0.250. The molecule has 1 aromatic heterocycles. The molecule has 1 aliphatic heterocycles. The van der Waals surface area contributed by atoms with Crippen LogP contribution in [0.1, 0.15) is 5.56 Å². The molecule has 1 saturated heterocycles. The molecule has 4 rings (SSSR count). The Morgan fingerprint density at radius 2 is 1.82 bits per heavy atom. The number of rotatable bonds is 8. The topological polar surface area (TPSA) is 106 Å². The Bertz CT molecular complexity index is 1100. The Kier molecular flexibility index (Phi) is 6.99. The van der Waals surface area contributed by atoms with Crippen LogP contribution in [0.4, 0.5) is 5.69 Å². The Morgan fingerprint density at radius 3 is 2.58 bits per heavy atom. The quantitative estimate of drug-likeness (QED) is 0.544. The molecule has 0 unspecified atom stereocenters.